The van der Waals surface area contributed by atoms with Crippen molar-refractivity contribution in [3.63, 3.8) is 0 Å². The zero-order valence-electron chi connectivity index (χ0n) is 16.0. The van der Waals surface area contributed by atoms with Crippen molar-refractivity contribution in [2.75, 3.05) is 19.8 Å². The van der Waals surface area contributed by atoms with E-state index in [0.29, 0.717) is 31.4 Å². The second kappa shape index (κ2) is 11.9. The Morgan fingerprint density at radius 1 is 1.04 bits per heavy atom. The molecule has 1 saturated carbocycles. The minimum Gasteiger partial charge on any atom is -0.378 e. The SMILES string of the molecule is O=C(NCCCOC1CCCCC1)NCc1ccc(COCC(F)(F)F)cc1. The van der Waals surface area contributed by atoms with Crippen molar-refractivity contribution >= 4 is 6.03 Å². The van der Waals surface area contributed by atoms with E-state index >= 15 is 0 Å². The first-order valence-corrected chi connectivity index (χ1v) is 9.78. The lowest BCUT2D eigenvalue weighted by Crippen LogP contribution is -2.36. The molecule has 28 heavy (non-hydrogen) atoms. The Kier molecular flexibility index (Phi) is 9.57. The number of nitrogens with one attached hydrogen (secondary N) is 2. The average molecular weight is 402 g/mol. The zero-order chi connectivity index (χ0) is 20.2. The molecule has 1 aromatic rings. The van der Waals surface area contributed by atoms with Crippen LogP contribution in [0.2, 0.25) is 0 Å². The van der Waals surface area contributed by atoms with Gasteiger partial charge in [-0.2, -0.15) is 13.2 Å². The van der Waals surface area contributed by atoms with Crippen LogP contribution >= 0.6 is 0 Å². The van der Waals surface area contributed by atoms with Gasteiger partial charge in [-0.15, -0.1) is 0 Å². The maximum Gasteiger partial charge on any atom is 0.411 e. The van der Waals surface area contributed by atoms with Gasteiger partial charge in [-0.1, -0.05) is 43.5 Å². The van der Waals surface area contributed by atoms with Crippen molar-refractivity contribution in [3.05, 3.63) is 35.4 Å². The number of urea groups is 1. The van der Waals surface area contributed by atoms with E-state index < -0.39 is 12.8 Å². The van der Waals surface area contributed by atoms with Crippen LogP contribution in [0.25, 0.3) is 0 Å². The molecular weight excluding hydrogens is 373 g/mol. The summed E-state index contributed by atoms with van der Waals surface area (Å²) in [5, 5.41) is 5.54. The topological polar surface area (TPSA) is 59.6 Å². The minimum absolute atomic E-state index is 0.101. The van der Waals surface area contributed by atoms with Crippen LogP contribution in [0.15, 0.2) is 24.3 Å². The molecule has 0 bridgehead atoms. The summed E-state index contributed by atoms with van der Waals surface area (Å²) in [6.07, 6.45) is 2.90. The van der Waals surface area contributed by atoms with Gasteiger partial charge in [-0.25, -0.2) is 4.79 Å². The molecule has 2 rings (SSSR count). The highest BCUT2D eigenvalue weighted by Crippen LogP contribution is 2.20. The highest BCUT2D eigenvalue weighted by molar-refractivity contribution is 5.73. The summed E-state index contributed by atoms with van der Waals surface area (Å²) in [4.78, 5) is 11.8. The van der Waals surface area contributed by atoms with Gasteiger partial charge in [0.05, 0.1) is 12.7 Å². The normalized spacial score (nSPS) is 15.4. The fourth-order valence-electron chi connectivity index (χ4n) is 3.04. The molecule has 1 aromatic carbocycles. The van der Waals surface area contributed by atoms with Gasteiger partial charge in [-0.3, -0.25) is 0 Å². The first-order chi connectivity index (χ1) is 13.4. The molecule has 0 aliphatic heterocycles. The molecule has 0 saturated heterocycles. The smallest absolute Gasteiger partial charge is 0.378 e. The van der Waals surface area contributed by atoms with Gasteiger partial charge < -0.3 is 20.1 Å². The van der Waals surface area contributed by atoms with Crippen molar-refractivity contribution in [2.45, 2.75) is 64.0 Å². The van der Waals surface area contributed by atoms with E-state index in [4.69, 9.17) is 4.74 Å². The van der Waals surface area contributed by atoms with Crippen molar-refractivity contribution in [1.29, 1.82) is 0 Å². The van der Waals surface area contributed by atoms with E-state index in [0.717, 1.165) is 24.8 Å². The van der Waals surface area contributed by atoms with Gasteiger partial charge in [0.25, 0.3) is 0 Å². The summed E-state index contributed by atoms with van der Waals surface area (Å²) in [5.74, 6) is 0. The van der Waals surface area contributed by atoms with E-state index in [9.17, 15) is 18.0 Å². The number of benzene rings is 1. The summed E-state index contributed by atoms with van der Waals surface area (Å²) in [5.41, 5.74) is 1.51. The van der Waals surface area contributed by atoms with E-state index in [1.165, 1.54) is 19.3 Å². The number of rotatable bonds is 10. The molecule has 0 radical (unpaired) electrons. The predicted molar refractivity (Wildman–Crippen MR) is 99.8 cm³/mol. The molecule has 2 N–H and O–H groups in total. The predicted octanol–water partition coefficient (Wildman–Crippen LogP) is 4.30. The Morgan fingerprint density at radius 3 is 2.39 bits per heavy atom. The number of halogens is 3. The van der Waals surface area contributed by atoms with Crippen LogP contribution < -0.4 is 10.6 Å². The van der Waals surface area contributed by atoms with Gasteiger partial charge in [0.15, 0.2) is 0 Å². The van der Waals surface area contributed by atoms with E-state index in [-0.39, 0.29) is 12.6 Å². The highest BCUT2D eigenvalue weighted by atomic mass is 19.4. The molecule has 5 nitrogen and oxygen atoms in total. The van der Waals surface area contributed by atoms with Crippen LogP contribution in [0, 0.1) is 0 Å². The lowest BCUT2D eigenvalue weighted by Gasteiger charge is -2.21. The first-order valence-electron chi connectivity index (χ1n) is 9.78. The molecule has 1 aliphatic carbocycles. The van der Waals surface area contributed by atoms with Gasteiger partial charge >= 0.3 is 12.2 Å². The maximum atomic E-state index is 12.0. The summed E-state index contributed by atoms with van der Waals surface area (Å²) >= 11 is 0. The van der Waals surface area contributed by atoms with Crippen molar-refractivity contribution in [3.8, 4) is 0 Å². The molecule has 0 atom stereocenters. The molecule has 2 amide bonds. The van der Waals surface area contributed by atoms with E-state index in [2.05, 4.69) is 15.4 Å². The molecule has 0 heterocycles. The fourth-order valence-corrected chi connectivity index (χ4v) is 3.04. The van der Waals surface area contributed by atoms with Gasteiger partial charge in [-0.05, 0) is 30.4 Å². The summed E-state index contributed by atoms with van der Waals surface area (Å²) in [7, 11) is 0. The average Bonchev–Trinajstić information content (AvgIpc) is 2.67. The molecule has 0 spiro atoms. The van der Waals surface area contributed by atoms with Crippen LogP contribution in [0.3, 0.4) is 0 Å². The van der Waals surface area contributed by atoms with E-state index in [1.807, 2.05) is 0 Å². The standard InChI is InChI=1S/C20H29F3N2O3/c21-20(22,23)15-27-14-17-9-7-16(8-10-17)13-25-19(26)24-11-4-12-28-18-5-2-1-3-6-18/h7-10,18H,1-6,11-15H2,(H2,24,25,26). The highest BCUT2D eigenvalue weighted by Gasteiger charge is 2.27. The molecule has 1 fully saturated rings. The van der Waals surface area contributed by atoms with Crippen LogP contribution in [0.1, 0.15) is 49.7 Å². The Labute approximate surface area is 164 Å². The van der Waals surface area contributed by atoms with Crippen molar-refractivity contribution in [1.82, 2.24) is 10.6 Å². The largest absolute Gasteiger partial charge is 0.411 e. The molecule has 0 unspecified atom stereocenters. The summed E-state index contributed by atoms with van der Waals surface area (Å²) in [6, 6.07) is 6.63. The van der Waals surface area contributed by atoms with E-state index in [1.54, 1.807) is 24.3 Å². The lowest BCUT2D eigenvalue weighted by molar-refractivity contribution is -0.176. The minimum atomic E-state index is -4.32. The number of carbonyl (C=O) groups is 1. The molecule has 1 aliphatic rings. The van der Waals surface area contributed by atoms with Gasteiger partial charge in [0.2, 0.25) is 0 Å². The lowest BCUT2D eigenvalue weighted by atomic mass is 9.98. The van der Waals surface area contributed by atoms with Crippen LogP contribution in [0.4, 0.5) is 18.0 Å². The Bertz CT molecular complexity index is 573. The zero-order valence-corrected chi connectivity index (χ0v) is 16.0. The number of ether oxygens (including phenoxy) is 2. The van der Waals surface area contributed by atoms with Gasteiger partial charge in [0, 0.05) is 19.7 Å². The first kappa shape index (κ1) is 22.5. The molecular formula is C20H29F3N2O3. The van der Waals surface area contributed by atoms with Crippen LogP contribution in [0.5, 0.6) is 0 Å². The van der Waals surface area contributed by atoms with Crippen LogP contribution in [-0.4, -0.2) is 38.1 Å². The third-order valence-corrected chi connectivity index (χ3v) is 4.52. The summed E-state index contributed by atoms with van der Waals surface area (Å²) < 4.78 is 46.5. The maximum absolute atomic E-state index is 12.0. The monoisotopic (exact) mass is 402 g/mol. The quantitative estimate of drug-likeness (QED) is 0.574. The summed E-state index contributed by atoms with van der Waals surface area (Å²) in [6.45, 7) is 0.184. The number of carbonyl (C=O) groups excluding carboxylic acids is 1. The van der Waals surface area contributed by atoms with Crippen molar-refractivity contribution in [2.24, 2.45) is 0 Å². The number of hydrogen-bond donors (Lipinski definition) is 2. The molecule has 0 aromatic heterocycles. The third kappa shape index (κ3) is 9.94. The Hall–Kier alpha value is -1.80. The second-order valence-electron chi connectivity index (χ2n) is 7.02. The Balaban J connectivity index is 1.53. The van der Waals surface area contributed by atoms with Gasteiger partial charge in [0.1, 0.15) is 6.61 Å². The number of alkyl halides is 3. The molecule has 158 valence electrons. The van der Waals surface area contributed by atoms with Crippen LogP contribution in [-0.2, 0) is 22.6 Å². The Morgan fingerprint density at radius 2 is 1.71 bits per heavy atom. The fraction of sp³-hybridized carbons (Fsp3) is 0.650. The number of hydrogen-bond acceptors (Lipinski definition) is 3. The molecule has 8 heteroatoms. The second-order valence-corrected chi connectivity index (χ2v) is 7.02. The van der Waals surface area contributed by atoms with Crippen molar-refractivity contribution < 1.29 is 27.4 Å². The number of amides is 2. The third-order valence-electron chi connectivity index (χ3n) is 4.52.